The Bertz CT molecular complexity index is 803. The van der Waals surface area contributed by atoms with Crippen molar-refractivity contribution < 1.29 is 14.3 Å². The molecule has 0 radical (unpaired) electrons. The number of nitrogens with one attached hydrogen (secondary N) is 2. The van der Waals surface area contributed by atoms with E-state index in [4.69, 9.17) is 4.74 Å². The quantitative estimate of drug-likeness (QED) is 0.754. The number of carbonyl (C=O) groups excluding carboxylic acids is 2. The molecular formula is C19H21BrN2O3. The Hall–Kier alpha value is -2.34. The van der Waals surface area contributed by atoms with Crippen LogP contribution in [0.2, 0.25) is 0 Å². The van der Waals surface area contributed by atoms with Crippen molar-refractivity contribution in [2.45, 2.75) is 33.8 Å². The molecule has 0 bridgehead atoms. The minimum atomic E-state index is -0.283. The van der Waals surface area contributed by atoms with E-state index in [0.717, 1.165) is 10.0 Å². The van der Waals surface area contributed by atoms with E-state index < -0.39 is 0 Å². The lowest BCUT2D eigenvalue weighted by molar-refractivity contribution is -0.114. The molecule has 132 valence electrons. The minimum Gasteiger partial charge on any atom is -0.490 e. The Morgan fingerprint density at radius 1 is 1.08 bits per heavy atom. The van der Waals surface area contributed by atoms with Crippen LogP contribution >= 0.6 is 15.9 Å². The Morgan fingerprint density at radius 3 is 2.44 bits per heavy atom. The summed E-state index contributed by atoms with van der Waals surface area (Å²) in [6.45, 7) is 7.15. The fourth-order valence-corrected chi connectivity index (χ4v) is 2.62. The highest BCUT2D eigenvalue weighted by Gasteiger charge is 2.15. The molecule has 0 unspecified atom stereocenters. The zero-order valence-corrected chi connectivity index (χ0v) is 16.2. The van der Waals surface area contributed by atoms with Gasteiger partial charge in [-0.3, -0.25) is 9.59 Å². The number of carbonyl (C=O) groups is 2. The summed E-state index contributed by atoms with van der Waals surface area (Å²) in [6, 6.07) is 10.7. The number of benzene rings is 2. The van der Waals surface area contributed by atoms with Crippen LogP contribution in [0.25, 0.3) is 0 Å². The van der Waals surface area contributed by atoms with Gasteiger partial charge >= 0.3 is 0 Å². The Balaban J connectivity index is 2.28. The first kappa shape index (κ1) is 19.0. The number of anilines is 2. The summed E-state index contributed by atoms with van der Waals surface area (Å²) in [5, 5.41) is 5.60. The van der Waals surface area contributed by atoms with E-state index in [2.05, 4.69) is 26.6 Å². The summed E-state index contributed by atoms with van der Waals surface area (Å²) in [5.74, 6) is 0.0747. The van der Waals surface area contributed by atoms with Crippen LogP contribution in [0.3, 0.4) is 0 Å². The second kappa shape index (κ2) is 8.16. The highest BCUT2D eigenvalue weighted by Crippen LogP contribution is 2.26. The molecule has 6 heteroatoms. The maximum atomic E-state index is 12.7. The monoisotopic (exact) mass is 404 g/mol. The predicted octanol–water partition coefficient (Wildman–Crippen LogP) is 4.76. The van der Waals surface area contributed by atoms with Gasteiger partial charge in [0.05, 0.1) is 11.7 Å². The van der Waals surface area contributed by atoms with Crippen molar-refractivity contribution in [3.8, 4) is 5.75 Å². The van der Waals surface area contributed by atoms with E-state index in [9.17, 15) is 9.59 Å². The highest BCUT2D eigenvalue weighted by atomic mass is 79.9. The number of amides is 2. The molecule has 0 saturated carbocycles. The molecule has 2 amide bonds. The zero-order chi connectivity index (χ0) is 18.6. The molecule has 2 rings (SSSR count). The van der Waals surface area contributed by atoms with Crippen LogP contribution in [-0.2, 0) is 4.79 Å². The summed E-state index contributed by atoms with van der Waals surface area (Å²) in [7, 11) is 0. The number of aryl methyl sites for hydroxylation is 1. The van der Waals surface area contributed by atoms with Crippen LogP contribution in [0.4, 0.5) is 11.4 Å². The van der Waals surface area contributed by atoms with Gasteiger partial charge in [-0.05, 0) is 56.7 Å². The van der Waals surface area contributed by atoms with Gasteiger partial charge in [0.1, 0.15) is 5.75 Å². The normalized spacial score (nSPS) is 10.5. The third-order valence-corrected chi connectivity index (χ3v) is 3.85. The van der Waals surface area contributed by atoms with E-state index in [1.54, 1.807) is 24.3 Å². The van der Waals surface area contributed by atoms with E-state index >= 15 is 0 Å². The van der Waals surface area contributed by atoms with E-state index in [1.165, 1.54) is 6.92 Å². The van der Waals surface area contributed by atoms with Gasteiger partial charge in [0.25, 0.3) is 5.91 Å². The molecule has 0 heterocycles. The molecule has 0 saturated heterocycles. The summed E-state index contributed by atoms with van der Waals surface area (Å²) in [5.41, 5.74) is 2.61. The number of hydrogen-bond acceptors (Lipinski definition) is 3. The molecular weight excluding hydrogens is 384 g/mol. The first-order valence-corrected chi connectivity index (χ1v) is 8.71. The average molecular weight is 405 g/mol. The van der Waals surface area contributed by atoms with Gasteiger partial charge in [-0.25, -0.2) is 0 Å². The largest absolute Gasteiger partial charge is 0.490 e. The average Bonchev–Trinajstić information content (AvgIpc) is 2.51. The lowest BCUT2D eigenvalue weighted by atomic mass is 10.1. The first-order valence-electron chi connectivity index (χ1n) is 7.92. The third kappa shape index (κ3) is 5.32. The molecule has 0 fully saturated rings. The Morgan fingerprint density at radius 2 is 1.80 bits per heavy atom. The van der Waals surface area contributed by atoms with Crippen molar-refractivity contribution >= 4 is 39.1 Å². The van der Waals surface area contributed by atoms with Gasteiger partial charge in [-0.1, -0.05) is 22.0 Å². The van der Waals surface area contributed by atoms with Crippen LogP contribution in [0, 0.1) is 6.92 Å². The summed E-state index contributed by atoms with van der Waals surface area (Å²) < 4.78 is 6.50. The molecule has 25 heavy (non-hydrogen) atoms. The van der Waals surface area contributed by atoms with Crippen LogP contribution in [0.5, 0.6) is 5.75 Å². The van der Waals surface area contributed by atoms with Crippen LogP contribution in [0.15, 0.2) is 40.9 Å². The van der Waals surface area contributed by atoms with E-state index in [-0.39, 0.29) is 17.9 Å². The van der Waals surface area contributed by atoms with Gasteiger partial charge in [0, 0.05) is 22.8 Å². The van der Waals surface area contributed by atoms with Crippen molar-refractivity contribution in [1.29, 1.82) is 0 Å². The second-order valence-corrected chi connectivity index (χ2v) is 6.89. The van der Waals surface area contributed by atoms with E-state index in [1.807, 2.05) is 32.9 Å². The molecule has 5 nitrogen and oxygen atoms in total. The zero-order valence-electron chi connectivity index (χ0n) is 14.6. The lowest BCUT2D eigenvalue weighted by Gasteiger charge is -2.15. The first-order chi connectivity index (χ1) is 11.8. The predicted molar refractivity (Wildman–Crippen MR) is 103 cm³/mol. The standard InChI is InChI=1S/C19H21BrN2O3/c1-11(2)25-18-8-6-14(20)9-16(18)19(24)22-15-7-5-12(3)17(10-15)21-13(4)23/h5-11H,1-4H3,(H,21,23)(H,22,24). The summed E-state index contributed by atoms with van der Waals surface area (Å²) in [4.78, 5) is 24.0. The van der Waals surface area contributed by atoms with Crippen molar-refractivity contribution in [3.05, 3.63) is 52.0 Å². The maximum Gasteiger partial charge on any atom is 0.259 e. The van der Waals surface area contributed by atoms with Crippen molar-refractivity contribution in [1.82, 2.24) is 0 Å². The van der Waals surface area contributed by atoms with Crippen molar-refractivity contribution in [2.24, 2.45) is 0 Å². The number of rotatable bonds is 5. The van der Waals surface area contributed by atoms with Gasteiger partial charge in [0.2, 0.25) is 5.91 Å². The molecule has 0 aromatic heterocycles. The molecule has 2 aromatic rings. The number of halogens is 1. The Labute approximate surface area is 155 Å². The minimum absolute atomic E-state index is 0.0431. The van der Waals surface area contributed by atoms with Crippen molar-refractivity contribution in [2.75, 3.05) is 10.6 Å². The second-order valence-electron chi connectivity index (χ2n) is 5.97. The molecule has 2 N–H and O–H groups in total. The molecule has 0 spiro atoms. The van der Waals surface area contributed by atoms with Gasteiger partial charge in [-0.15, -0.1) is 0 Å². The van der Waals surface area contributed by atoms with Crippen molar-refractivity contribution in [3.63, 3.8) is 0 Å². The fraction of sp³-hybridized carbons (Fsp3) is 0.263. The topological polar surface area (TPSA) is 67.4 Å². The maximum absolute atomic E-state index is 12.7. The summed E-state index contributed by atoms with van der Waals surface area (Å²) >= 11 is 3.38. The van der Waals surface area contributed by atoms with Gasteiger partial charge < -0.3 is 15.4 Å². The molecule has 0 aliphatic carbocycles. The molecule has 0 aliphatic heterocycles. The highest BCUT2D eigenvalue weighted by molar-refractivity contribution is 9.10. The Kier molecular flexibility index (Phi) is 6.20. The van der Waals surface area contributed by atoms with Crippen LogP contribution < -0.4 is 15.4 Å². The lowest BCUT2D eigenvalue weighted by Crippen LogP contribution is -2.16. The molecule has 2 aromatic carbocycles. The smallest absolute Gasteiger partial charge is 0.259 e. The SMILES string of the molecule is CC(=O)Nc1cc(NC(=O)c2cc(Br)ccc2OC(C)C)ccc1C. The van der Waals surface area contributed by atoms with Gasteiger partial charge in [-0.2, -0.15) is 0 Å². The number of ether oxygens (including phenoxy) is 1. The molecule has 0 aliphatic rings. The van der Waals surface area contributed by atoms with Crippen LogP contribution in [0.1, 0.15) is 36.7 Å². The van der Waals surface area contributed by atoms with Crippen LogP contribution in [-0.4, -0.2) is 17.9 Å². The van der Waals surface area contributed by atoms with Gasteiger partial charge in [0.15, 0.2) is 0 Å². The fourth-order valence-electron chi connectivity index (χ4n) is 2.26. The van der Waals surface area contributed by atoms with E-state index in [0.29, 0.717) is 22.7 Å². The number of hydrogen-bond donors (Lipinski definition) is 2. The molecule has 0 atom stereocenters. The summed E-state index contributed by atoms with van der Waals surface area (Å²) in [6.07, 6.45) is -0.0431. The third-order valence-electron chi connectivity index (χ3n) is 3.36.